The fourth-order valence-electron chi connectivity index (χ4n) is 3.48. The molecule has 10 nitrogen and oxygen atoms in total. The highest BCUT2D eigenvalue weighted by Gasteiger charge is 2.23. The molecule has 0 aliphatic heterocycles. The molecule has 3 rings (SSSR count). The van der Waals surface area contributed by atoms with Gasteiger partial charge in [-0.15, -0.1) is 10.2 Å². The van der Waals surface area contributed by atoms with Crippen molar-refractivity contribution in [3.63, 3.8) is 0 Å². The maximum absolute atomic E-state index is 12.0. The van der Waals surface area contributed by atoms with Gasteiger partial charge in [0.2, 0.25) is 0 Å². The number of thioether (sulfide) groups is 1. The lowest BCUT2D eigenvalue weighted by molar-refractivity contribution is -0.145. The number of nitrogens with zero attached hydrogens (tertiary/aromatic N) is 3. The van der Waals surface area contributed by atoms with Crippen molar-refractivity contribution in [2.75, 3.05) is 12.4 Å². The number of carbonyl (C=O) groups excluding carboxylic acids is 3. The van der Waals surface area contributed by atoms with Gasteiger partial charge >= 0.3 is 12.0 Å². The van der Waals surface area contributed by atoms with Crippen LogP contribution >= 0.6 is 11.8 Å². The molecule has 0 radical (unpaired) electrons. The Bertz CT molecular complexity index is 898. The number of imide groups is 1. The molecule has 3 amide bonds. The molecule has 2 N–H and O–H groups in total. The van der Waals surface area contributed by atoms with Crippen LogP contribution in [0.15, 0.2) is 28.0 Å². The van der Waals surface area contributed by atoms with Gasteiger partial charge in [-0.1, -0.05) is 31.5 Å². The van der Waals surface area contributed by atoms with Crippen molar-refractivity contribution in [1.29, 1.82) is 0 Å². The van der Waals surface area contributed by atoms with Crippen LogP contribution < -0.4 is 10.6 Å². The van der Waals surface area contributed by atoms with Gasteiger partial charge in [0.05, 0.1) is 12.0 Å². The Hall–Kier alpha value is -2.82. The number of hydrogen-bond donors (Lipinski definition) is 2. The van der Waals surface area contributed by atoms with E-state index in [9.17, 15) is 14.4 Å². The number of ether oxygens (including phenoxy) is 1. The van der Waals surface area contributed by atoms with Crippen LogP contribution in [0.3, 0.4) is 0 Å². The molecule has 0 bridgehead atoms. The van der Waals surface area contributed by atoms with Gasteiger partial charge in [0.25, 0.3) is 5.91 Å². The summed E-state index contributed by atoms with van der Waals surface area (Å²) in [7, 11) is 0. The van der Waals surface area contributed by atoms with E-state index < -0.39 is 24.5 Å². The predicted molar refractivity (Wildman–Crippen MR) is 113 cm³/mol. The van der Waals surface area contributed by atoms with Crippen LogP contribution in [0.25, 0.3) is 11.6 Å². The number of amides is 3. The molecule has 0 unspecified atom stereocenters. The lowest BCUT2D eigenvalue weighted by Gasteiger charge is -2.29. The molecule has 0 spiro atoms. The van der Waals surface area contributed by atoms with E-state index in [1.54, 1.807) is 18.4 Å². The van der Waals surface area contributed by atoms with Crippen molar-refractivity contribution in [1.82, 2.24) is 25.4 Å². The van der Waals surface area contributed by atoms with Gasteiger partial charge in [-0.2, -0.15) is 0 Å². The lowest BCUT2D eigenvalue weighted by Crippen LogP contribution is -2.48. The Morgan fingerprint density at radius 2 is 2.10 bits per heavy atom. The second kappa shape index (κ2) is 11.0. The number of carbonyl (C=O) groups is 3. The SMILES string of the molecule is CCn1c(SCC(=O)OCC(=O)NC(=O)N[C@@H]2CCCC[C@@H]2C)nnc1-c1ccco1. The van der Waals surface area contributed by atoms with E-state index in [-0.39, 0.29) is 11.8 Å². The minimum Gasteiger partial charge on any atom is -0.461 e. The summed E-state index contributed by atoms with van der Waals surface area (Å²) < 4.78 is 12.1. The molecule has 1 fully saturated rings. The normalized spacial score (nSPS) is 18.4. The predicted octanol–water partition coefficient (Wildman–Crippen LogP) is 2.60. The number of hydrogen-bond acceptors (Lipinski definition) is 8. The first-order valence-electron chi connectivity index (χ1n) is 10.3. The zero-order valence-corrected chi connectivity index (χ0v) is 18.4. The molecule has 2 aromatic heterocycles. The highest BCUT2D eigenvalue weighted by atomic mass is 32.2. The van der Waals surface area contributed by atoms with E-state index in [2.05, 4.69) is 27.8 Å². The van der Waals surface area contributed by atoms with Crippen molar-refractivity contribution in [2.24, 2.45) is 5.92 Å². The number of esters is 1. The van der Waals surface area contributed by atoms with Crippen LogP contribution in [0.4, 0.5) is 4.79 Å². The maximum atomic E-state index is 12.0. The summed E-state index contributed by atoms with van der Waals surface area (Å²) in [5.74, 6) is 0.225. The molecule has 2 aromatic rings. The molecule has 0 saturated heterocycles. The maximum Gasteiger partial charge on any atom is 0.321 e. The highest BCUT2D eigenvalue weighted by Crippen LogP contribution is 2.24. The highest BCUT2D eigenvalue weighted by molar-refractivity contribution is 7.99. The first kappa shape index (κ1) is 22.9. The average molecular weight is 450 g/mol. The summed E-state index contributed by atoms with van der Waals surface area (Å²) in [4.78, 5) is 35.9. The summed E-state index contributed by atoms with van der Waals surface area (Å²) in [6.07, 6.45) is 5.73. The molecule has 31 heavy (non-hydrogen) atoms. The number of aromatic nitrogens is 3. The minimum absolute atomic E-state index is 0.0463. The second-order valence-electron chi connectivity index (χ2n) is 7.37. The zero-order valence-electron chi connectivity index (χ0n) is 17.6. The summed E-state index contributed by atoms with van der Waals surface area (Å²) >= 11 is 1.15. The number of rotatable bonds is 8. The molecule has 2 heterocycles. The smallest absolute Gasteiger partial charge is 0.321 e. The zero-order chi connectivity index (χ0) is 22.2. The summed E-state index contributed by atoms with van der Waals surface area (Å²) in [5, 5.41) is 13.8. The van der Waals surface area contributed by atoms with Gasteiger partial charge in [0.15, 0.2) is 23.3 Å². The third-order valence-corrected chi connectivity index (χ3v) is 6.08. The quantitative estimate of drug-likeness (QED) is 0.465. The van der Waals surface area contributed by atoms with Gasteiger partial charge in [0, 0.05) is 12.6 Å². The molecule has 11 heteroatoms. The third-order valence-electron chi connectivity index (χ3n) is 5.14. The Labute approximate surface area is 184 Å². The molecule has 1 saturated carbocycles. The van der Waals surface area contributed by atoms with Crippen LogP contribution in [-0.4, -0.2) is 51.1 Å². The van der Waals surface area contributed by atoms with Crippen molar-refractivity contribution >= 4 is 29.7 Å². The molecule has 0 aromatic carbocycles. The van der Waals surface area contributed by atoms with Crippen molar-refractivity contribution < 1.29 is 23.5 Å². The van der Waals surface area contributed by atoms with Crippen molar-refractivity contribution in [3.05, 3.63) is 18.4 Å². The van der Waals surface area contributed by atoms with Crippen molar-refractivity contribution in [3.8, 4) is 11.6 Å². The van der Waals surface area contributed by atoms with E-state index in [0.717, 1.165) is 37.4 Å². The number of nitrogens with one attached hydrogen (secondary N) is 2. The minimum atomic E-state index is -0.670. The monoisotopic (exact) mass is 449 g/mol. The number of furan rings is 1. The van der Waals surface area contributed by atoms with Crippen LogP contribution in [0, 0.1) is 5.92 Å². The molecule has 1 aliphatic rings. The Kier molecular flexibility index (Phi) is 8.10. The fraction of sp³-hybridized carbons (Fsp3) is 0.550. The van der Waals surface area contributed by atoms with E-state index in [4.69, 9.17) is 9.15 Å². The Balaban J connectivity index is 1.40. The standard InChI is InChI=1S/C20H27N5O5S/c1-3-25-18(15-9-6-10-29-15)23-24-20(25)31-12-17(27)30-11-16(26)22-19(28)21-14-8-5-4-7-13(14)2/h6,9-10,13-14H,3-5,7-8,11-12H2,1-2H3,(H2,21,22,26,28)/t13-,14+/m0/s1. The second-order valence-corrected chi connectivity index (χ2v) is 8.31. The van der Waals surface area contributed by atoms with E-state index in [0.29, 0.717) is 29.2 Å². The van der Waals surface area contributed by atoms with Crippen LogP contribution in [0.1, 0.15) is 39.5 Å². The van der Waals surface area contributed by atoms with Gasteiger partial charge < -0.3 is 14.5 Å². The van der Waals surface area contributed by atoms with Crippen LogP contribution in [-0.2, 0) is 20.9 Å². The summed E-state index contributed by atoms with van der Waals surface area (Å²) in [5.41, 5.74) is 0. The number of urea groups is 1. The largest absolute Gasteiger partial charge is 0.461 e. The Morgan fingerprint density at radius 1 is 1.29 bits per heavy atom. The van der Waals surface area contributed by atoms with Gasteiger partial charge in [-0.25, -0.2) is 4.79 Å². The van der Waals surface area contributed by atoms with Gasteiger partial charge in [-0.3, -0.25) is 19.5 Å². The molecule has 1 aliphatic carbocycles. The summed E-state index contributed by atoms with van der Waals surface area (Å²) in [6.45, 7) is 4.09. The lowest BCUT2D eigenvalue weighted by atomic mass is 9.86. The molecular weight excluding hydrogens is 422 g/mol. The van der Waals surface area contributed by atoms with Crippen molar-refractivity contribution in [2.45, 2.75) is 57.3 Å². The molecule has 168 valence electrons. The molecule has 2 atom stereocenters. The van der Waals surface area contributed by atoms with E-state index in [1.807, 2.05) is 11.5 Å². The summed E-state index contributed by atoms with van der Waals surface area (Å²) in [6, 6.07) is 3.04. The molecular formula is C20H27N5O5S. The van der Waals surface area contributed by atoms with Gasteiger partial charge in [-0.05, 0) is 37.8 Å². The van der Waals surface area contributed by atoms with E-state index >= 15 is 0 Å². The first-order valence-corrected chi connectivity index (χ1v) is 11.3. The van der Waals surface area contributed by atoms with E-state index in [1.165, 1.54) is 0 Å². The topological polar surface area (TPSA) is 128 Å². The average Bonchev–Trinajstić information content (AvgIpc) is 3.41. The first-order chi connectivity index (χ1) is 15.0. The van der Waals surface area contributed by atoms with Crippen LogP contribution in [0.2, 0.25) is 0 Å². The van der Waals surface area contributed by atoms with Crippen LogP contribution in [0.5, 0.6) is 0 Å². The fourth-order valence-corrected chi connectivity index (χ4v) is 4.28. The van der Waals surface area contributed by atoms with Gasteiger partial charge in [0.1, 0.15) is 0 Å². The Morgan fingerprint density at radius 3 is 2.81 bits per heavy atom. The third kappa shape index (κ3) is 6.33.